The Balaban J connectivity index is 1.19. The summed E-state index contributed by atoms with van der Waals surface area (Å²) < 4.78 is 0. The minimum atomic E-state index is 0.651. The first kappa shape index (κ1) is 25.5. The monoisotopic (exact) mass is 460 g/mol. The van der Waals surface area contributed by atoms with Gasteiger partial charge in [0.25, 0.3) is 0 Å². The molecule has 1 aliphatic carbocycles. The van der Waals surface area contributed by atoms with E-state index in [0.717, 1.165) is 11.8 Å². The number of aryl methyl sites for hydroxylation is 1. The van der Waals surface area contributed by atoms with Crippen molar-refractivity contribution in [2.75, 3.05) is 39.8 Å². The molecule has 1 saturated heterocycles. The highest BCUT2D eigenvalue weighted by atomic mass is 15.1. The van der Waals surface area contributed by atoms with Crippen molar-refractivity contribution in [3.63, 3.8) is 0 Å². The van der Waals surface area contributed by atoms with Crippen molar-refractivity contribution < 1.29 is 0 Å². The minimum Gasteiger partial charge on any atom is -0.305 e. The summed E-state index contributed by atoms with van der Waals surface area (Å²) in [6, 6.07) is 22.3. The maximum absolute atomic E-state index is 2.75. The second-order valence-electron chi connectivity index (χ2n) is 11.3. The Bertz CT molecular complexity index is 775. The summed E-state index contributed by atoms with van der Waals surface area (Å²) in [5, 5.41) is 0. The molecule has 4 rings (SSSR count). The molecule has 2 heteroatoms. The molecule has 0 aromatic heterocycles. The Morgan fingerprint density at radius 1 is 0.824 bits per heavy atom. The summed E-state index contributed by atoms with van der Waals surface area (Å²) in [6.07, 6.45) is 15.3. The van der Waals surface area contributed by atoms with E-state index in [1.165, 1.54) is 114 Å². The number of likely N-dealkylation sites (tertiary alicyclic amines) is 1. The number of hydrogen-bond donors (Lipinski definition) is 0. The van der Waals surface area contributed by atoms with Gasteiger partial charge in [-0.1, -0.05) is 86.3 Å². The van der Waals surface area contributed by atoms with Crippen molar-refractivity contribution in [3.05, 3.63) is 71.8 Å². The Kier molecular flexibility index (Phi) is 10.5. The summed E-state index contributed by atoms with van der Waals surface area (Å²) in [5.74, 6) is 2.51. The molecule has 0 bridgehead atoms. The lowest BCUT2D eigenvalue weighted by Crippen LogP contribution is -2.36. The number of rotatable bonds is 12. The van der Waals surface area contributed by atoms with Crippen molar-refractivity contribution in [3.8, 4) is 0 Å². The molecule has 1 saturated carbocycles. The third kappa shape index (κ3) is 8.54. The van der Waals surface area contributed by atoms with Gasteiger partial charge in [-0.15, -0.1) is 0 Å². The summed E-state index contributed by atoms with van der Waals surface area (Å²) in [6.45, 7) is 6.35. The van der Waals surface area contributed by atoms with Gasteiger partial charge in [0.05, 0.1) is 0 Å². The molecule has 0 spiro atoms. The summed E-state index contributed by atoms with van der Waals surface area (Å²) in [4.78, 5) is 5.40. The van der Waals surface area contributed by atoms with E-state index in [4.69, 9.17) is 0 Å². The van der Waals surface area contributed by atoms with Gasteiger partial charge in [-0.3, -0.25) is 0 Å². The molecule has 2 fully saturated rings. The third-order valence-corrected chi connectivity index (χ3v) is 8.52. The predicted octanol–water partition coefficient (Wildman–Crippen LogP) is 7.41. The molecule has 1 aliphatic heterocycles. The molecule has 2 aliphatic rings. The van der Waals surface area contributed by atoms with E-state index in [1.54, 1.807) is 0 Å². The van der Waals surface area contributed by atoms with Crippen LogP contribution in [0, 0.1) is 11.8 Å². The van der Waals surface area contributed by atoms with Gasteiger partial charge in [-0.2, -0.15) is 0 Å². The second-order valence-corrected chi connectivity index (χ2v) is 11.3. The average molecular weight is 461 g/mol. The molecular formula is C32H48N2. The Morgan fingerprint density at radius 2 is 1.50 bits per heavy atom. The molecule has 1 heterocycles. The fourth-order valence-electron chi connectivity index (χ4n) is 6.43. The molecule has 0 amide bonds. The number of likely N-dealkylation sites (N-methyl/N-ethyl adjacent to an activating group) is 1. The van der Waals surface area contributed by atoms with E-state index in [9.17, 15) is 0 Å². The average Bonchev–Trinajstić information content (AvgIpc) is 2.89. The zero-order chi connectivity index (χ0) is 23.4. The van der Waals surface area contributed by atoms with Crippen LogP contribution < -0.4 is 0 Å². The van der Waals surface area contributed by atoms with Crippen LogP contribution in [-0.4, -0.2) is 49.6 Å². The molecule has 0 unspecified atom stereocenters. The fraction of sp³-hybridized carbons (Fsp3) is 0.625. The largest absolute Gasteiger partial charge is 0.305 e. The van der Waals surface area contributed by atoms with Crippen LogP contribution in [0.4, 0.5) is 0 Å². The quantitative estimate of drug-likeness (QED) is 0.325. The van der Waals surface area contributed by atoms with Crippen LogP contribution >= 0.6 is 0 Å². The second kappa shape index (κ2) is 14.0. The van der Waals surface area contributed by atoms with Gasteiger partial charge in [0.1, 0.15) is 0 Å². The summed E-state index contributed by atoms with van der Waals surface area (Å²) in [7, 11) is 2.37. The molecule has 2 nitrogen and oxygen atoms in total. The molecule has 186 valence electrons. The van der Waals surface area contributed by atoms with Crippen LogP contribution in [0.5, 0.6) is 0 Å². The van der Waals surface area contributed by atoms with Crippen LogP contribution in [0.15, 0.2) is 60.7 Å². The highest BCUT2D eigenvalue weighted by Crippen LogP contribution is 2.28. The lowest BCUT2D eigenvalue weighted by Gasteiger charge is -2.34. The lowest BCUT2D eigenvalue weighted by atomic mass is 9.88. The molecule has 2 aromatic rings. The Labute approximate surface area is 209 Å². The van der Waals surface area contributed by atoms with Crippen molar-refractivity contribution in [2.24, 2.45) is 11.8 Å². The van der Waals surface area contributed by atoms with Gasteiger partial charge in [-0.05, 0) is 101 Å². The van der Waals surface area contributed by atoms with Crippen LogP contribution in [0.2, 0.25) is 0 Å². The lowest BCUT2D eigenvalue weighted by molar-refractivity contribution is 0.166. The summed E-state index contributed by atoms with van der Waals surface area (Å²) in [5.41, 5.74) is 3.04. The van der Waals surface area contributed by atoms with E-state index >= 15 is 0 Å². The molecular weight excluding hydrogens is 412 g/mol. The van der Waals surface area contributed by atoms with Crippen molar-refractivity contribution in [1.82, 2.24) is 9.80 Å². The van der Waals surface area contributed by atoms with Crippen LogP contribution in [0.25, 0.3) is 0 Å². The first-order valence-electron chi connectivity index (χ1n) is 14.3. The zero-order valence-corrected chi connectivity index (χ0v) is 21.7. The normalized spacial score (nSPS) is 19.5. The third-order valence-electron chi connectivity index (χ3n) is 8.52. The van der Waals surface area contributed by atoms with E-state index in [2.05, 4.69) is 77.5 Å². The smallest absolute Gasteiger partial charge is 0.00478 e. The Hall–Kier alpha value is -1.64. The zero-order valence-electron chi connectivity index (χ0n) is 21.7. The number of piperidine rings is 1. The number of hydrogen-bond acceptors (Lipinski definition) is 2. The topological polar surface area (TPSA) is 6.48 Å². The van der Waals surface area contributed by atoms with E-state index < -0.39 is 0 Å². The minimum absolute atomic E-state index is 0.651. The standard InChI is InChI=1S/C32H48N2/c1-33(26-30-14-7-3-8-15-30)27-32(31-18-9-4-10-19-31)22-25-34-23-20-29(21-24-34)17-11-16-28-12-5-2-6-13-28/h2,4-6,9-10,12-13,18-19,29-30,32H,3,7-8,11,14-17,20-27H2,1H3/t32-/m0/s1. The Morgan fingerprint density at radius 3 is 2.21 bits per heavy atom. The van der Waals surface area contributed by atoms with Gasteiger partial charge in [0.15, 0.2) is 0 Å². The van der Waals surface area contributed by atoms with Crippen LogP contribution in [-0.2, 0) is 6.42 Å². The van der Waals surface area contributed by atoms with Crippen molar-refractivity contribution in [1.29, 1.82) is 0 Å². The SMILES string of the molecule is CN(CC1CCCCC1)C[C@H](CCN1CCC(CCCc2ccccc2)CC1)c1ccccc1. The molecule has 1 atom stereocenters. The van der Waals surface area contributed by atoms with E-state index in [0.29, 0.717) is 5.92 Å². The number of nitrogens with zero attached hydrogens (tertiary/aromatic N) is 2. The highest BCUT2D eigenvalue weighted by Gasteiger charge is 2.22. The highest BCUT2D eigenvalue weighted by molar-refractivity contribution is 5.20. The number of benzene rings is 2. The summed E-state index contributed by atoms with van der Waals surface area (Å²) >= 11 is 0. The molecule has 2 aromatic carbocycles. The van der Waals surface area contributed by atoms with Crippen molar-refractivity contribution in [2.45, 2.75) is 76.5 Å². The van der Waals surface area contributed by atoms with E-state index in [1.807, 2.05) is 0 Å². The molecule has 0 N–H and O–H groups in total. The van der Waals surface area contributed by atoms with E-state index in [-0.39, 0.29) is 0 Å². The van der Waals surface area contributed by atoms with Gasteiger partial charge in [-0.25, -0.2) is 0 Å². The maximum Gasteiger partial charge on any atom is 0.00478 e. The fourth-order valence-corrected chi connectivity index (χ4v) is 6.43. The van der Waals surface area contributed by atoms with Gasteiger partial charge >= 0.3 is 0 Å². The van der Waals surface area contributed by atoms with Crippen LogP contribution in [0.3, 0.4) is 0 Å². The maximum atomic E-state index is 2.75. The van der Waals surface area contributed by atoms with Gasteiger partial charge < -0.3 is 9.80 Å². The molecule has 34 heavy (non-hydrogen) atoms. The predicted molar refractivity (Wildman–Crippen MR) is 146 cm³/mol. The van der Waals surface area contributed by atoms with Gasteiger partial charge in [0.2, 0.25) is 0 Å². The first-order chi connectivity index (χ1) is 16.8. The van der Waals surface area contributed by atoms with Gasteiger partial charge in [0, 0.05) is 13.1 Å². The van der Waals surface area contributed by atoms with Crippen LogP contribution in [0.1, 0.15) is 81.3 Å². The van der Waals surface area contributed by atoms with Crippen molar-refractivity contribution >= 4 is 0 Å². The first-order valence-corrected chi connectivity index (χ1v) is 14.3. The molecule has 0 radical (unpaired) electrons.